The number of halogens is 4. The van der Waals surface area contributed by atoms with E-state index in [1.807, 2.05) is 19.9 Å². The molecule has 10 heteroatoms. The number of allylic oxidation sites excluding steroid dienone is 1. The maximum absolute atomic E-state index is 15.2. The number of aromatic nitrogens is 2. The second kappa shape index (κ2) is 11.9. The van der Waals surface area contributed by atoms with Gasteiger partial charge >= 0.3 is 0 Å². The summed E-state index contributed by atoms with van der Waals surface area (Å²) in [7, 11) is 3.57. The Morgan fingerprint density at radius 2 is 1.88 bits per heavy atom. The Kier molecular flexibility index (Phi) is 9.54. The van der Waals surface area contributed by atoms with Crippen LogP contribution >= 0.6 is 34.8 Å². The van der Waals surface area contributed by atoms with E-state index in [2.05, 4.69) is 10.2 Å². The van der Waals surface area contributed by atoms with Crippen molar-refractivity contribution in [3.05, 3.63) is 74.3 Å². The van der Waals surface area contributed by atoms with Crippen LogP contribution in [0.25, 0.3) is 5.57 Å². The molecule has 0 N–H and O–H groups in total. The summed E-state index contributed by atoms with van der Waals surface area (Å²) in [5, 5.41) is 17.8. The lowest BCUT2D eigenvalue weighted by atomic mass is 10.1. The van der Waals surface area contributed by atoms with Crippen LogP contribution in [0.1, 0.15) is 43.7 Å². The molecule has 3 aromatic rings. The third kappa shape index (κ3) is 6.61. The Bertz CT molecular complexity index is 1200. The molecule has 0 radical (unpaired) electrons. The minimum atomic E-state index is -0.690. The molecule has 0 saturated carbocycles. The molecule has 0 fully saturated rings. The molecule has 0 unspecified atom stereocenters. The van der Waals surface area contributed by atoms with E-state index >= 15 is 4.39 Å². The van der Waals surface area contributed by atoms with E-state index in [1.165, 1.54) is 30.3 Å². The Hall–Kier alpha value is -2.79. The lowest BCUT2D eigenvalue weighted by Crippen LogP contribution is -2.08. The molecule has 0 bridgehead atoms. The predicted molar refractivity (Wildman–Crippen MR) is 128 cm³/mol. The van der Waals surface area contributed by atoms with Crippen molar-refractivity contribution in [2.75, 3.05) is 14.1 Å². The standard InChI is InChI=1S/C21H16Cl3FN4O2.C2H6/c1-11(20(24)29(2)3)21-28-27-17(31-21)8-13-4-5-16(23)19(18(13)25)30-15-7-12(10-26)6-14(22)9-15;1-2/h4-7,9H,8H2,1-3H3;1-2H3/b20-11+;. The number of hydrogen-bond acceptors (Lipinski definition) is 6. The van der Waals surface area contributed by atoms with Crippen LogP contribution in [0.3, 0.4) is 0 Å². The van der Waals surface area contributed by atoms with Crippen LogP contribution in [0.4, 0.5) is 4.39 Å². The van der Waals surface area contributed by atoms with Gasteiger partial charge in [-0.25, -0.2) is 4.39 Å². The second-order valence-corrected chi connectivity index (χ2v) is 7.93. The van der Waals surface area contributed by atoms with Crippen molar-refractivity contribution < 1.29 is 13.5 Å². The highest BCUT2D eigenvalue weighted by Crippen LogP contribution is 2.36. The molecule has 3 rings (SSSR count). The Labute approximate surface area is 207 Å². The first-order valence-electron chi connectivity index (χ1n) is 9.91. The summed E-state index contributed by atoms with van der Waals surface area (Å²) in [4.78, 5) is 1.71. The molecule has 1 heterocycles. The van der Waals surface area contributed by atoms with Crippen LogP contribution in [-0.2, 0) is 6.42 Å². The van der Waals surface area contributed by atoms with E-state index < -0.39 is 5.82 Å². The molecule has 6 nitrogen and oxygen atoms in total. The highest BCUT2D eigenvalue weighted by molar-refractivity contribution is 6.32. The first kappa shape index (κ1) is 26.5. The summed E-state index contributed by atoms with van der Waals surface area (Å²) in [6.45, 7) is 5.74. The number of nitrogens with zero attached hydrogens (tertiary/aromatic N) is 4. The zero-order valence-corrected chi connectivity index (χ0v) is 21.0. The van der Waals surface area contributed by atoms with Gasteiger partial charge in [-0.1, -0.05) is 54.7 Å². The molecule has 174 valence electrons. The maximum Gasteiger partial charge on any atom is 0.246 e. The number of benzene rings is 2. The van der Waals surface area contributed by atoms with Crippen molar-refractivity contribution >= 4 is 40.4 Å². The number of hydrogen-bond donors (Lipinski definition) is 0. The summed E-state index contributed by atoms with van der Waals surface area (Å²) in [6, 6.07) is 9.31. The molecule has 1 aromatic heterocycles. The second-order valence-electron chi connectivity index (χ2n) is 6.73. The predicted octanol–water partition coefficient (Wildman–Crippen LogP) is 7.29. The van der Waals surface area contributed by atoms with Gasteiger partial charge < -0.3 is 14.1 Å². The summed E-state index contributed by atoms with van der Waals surface area (Å²) < 4.78 is 26.4. The molecule has 33 heavy (non-hydrogen) atoms. The Balaban J connectivity index is 0.00000187. The highest BCUT2D eigenvalue weighted by Gasteiger charge is 2.19. The fraction of sp³-hybridized carbons (Fsp3) is 0.261. The fourth-order valence-electron chi connectivity index (χ4n) is 2.67. The molecular formula is C23H22Cl3FN4O2. The van der Waals surface area contributed by atoms with Crippen molar-refractivity contribution in [1.82, 2.24) is 15.1 Å². The van der Waals surface area contributed by atoms with Crippen LogP contribution in [0.5, 0.6) is 11.5 Å². The smallest absolute Gasteiger partial charge is 0.246 e. The van der Waals surface area contributed by atoms with Crippen molar-refractivity contribution in [3.63, 3.8) is 0 Å². The third-order valence-electron chi connectivity index (χ3n) is 4.18. The van der Waals surface area contributed by atoms with Crippen molar-refractivity contribution in [1.29, 1.82) is 5.26 Å². The minimum Gasteiger partial charge on any atom is -0.453 e. The van der Waals surface area contributed by atoms with Crippen LogP contribution in [-0.4, -0.2) is 29.2 Å². The zero-order chi connectivity index (χ0) is 24.7. The number of ether oxygens (including phenoxy) is 1. The van der Waals surface area contributed by atoms with Crippen LogP contribution in [0.2, 0.25) is 10.0 Å². The number of rotatable bonds is 6. The van der Waals surface area contributed by atoms with Crippen LogP contribution in [0, 0.1) is 17.1 Å². The summed E-state index contributed by atoms with van der Waals surface area (Å²) in [5.41, 5.74) is 1.10. The summed E-state index contributed by atoms with van der Waals surface area (Å²) in [5.74, 6) is -0.274. The van der Waals surface area contributed by atoms with Gasteiger partial charge in [0, 0.05) is 30.3 Å². The molecule has 0 saturated heterocycles. The molecule has 0 aliphatic rings. The molecule has 0 atom stereocenters. The van der Waals surface area contributed by atoms with Gasteiger partial charge in [0.1, 0.15) is 10.9 Å². The lowest BCUT2D eigenvalue weighted by molar-refractivity contribution is 0.436. The molecular weight excluding hydrogens is 490 g/mol. The van der Waals surface area contributed by atoms with E-state index in [0.29, 0.717) is 10.7 Å². The quantitative estimate of drug-likeness (QED) is 0.324. The summed E-state index contributed by atoms with van der Waals surface area (Å²) >= 11 is 18.3. The molecule has 0 aliphatic carbocycles. The van der Waals surface area contributed by atoms with E-state index in [0.717, 1.165) is 0 Å². The van der Waals surface area contributed by atoms with Crippen molar-refractivity contribution in [2.45, 2.75) is 27.2 Å². The van der Waals surface area contributed by atoms with Gasteiger partial charge in [-0.15, -0.1) is 10.2 Å². The molecule has 2 aromatic carbocycles. The average Bonchev–Trinajstić information content (AvgIpc) is 3.27. The van der Waals surface area contributed by atoms with E-state index in [-0.39, 0.29) is 50.9 Å². The SMILES string of the molecule is C/C(=C(/Cl)N(C)C)c1nnc(Cc2ccc(Cl)c(Oc3cc(Cl)cc(C#N)c3)c2F)o1.CC. The van der Waals surface area contributed by atoms with Gasteiger partial charge in [-0.05, 0) is 31.2 Å². The average molecular weight is 512 g/mol. The monoisotopic (exact) mass is 510 g/mol. The van der Waals surface area contributed by atoms with Crippen LogP contribution in [0.15, 0.2) is 39.9 Å². The molecule has 0 aliphatic heterocycles. The van der Waals surface area contributed by atoms with Gasteiger partial charge in [0.05, 0.1) is 23.1 Å². The lowest BCUT2D eigenvalue weighted by Gasteiger charge is -2.12. The van der Waals surface area contributed by atoms with Gasteiger partial charge in [0.2, 0.25) is 11.8 Å². The van der Waals surface area contributed by atoms with E-state index in [9.17, 15) is 0 Å². The molecule has 0 amide bonds. The van der Waals surface area contributed by atoms with Crippen LogP contribution < -0.4 is 4.74 Å². The normalized spacial score (nSPS) is 11.2. The summed E-state index contributed by atoms with van der Waals surface area (Å²) in [6.07, 6.45) is 0.0121. The largest absolute Gasteiger partial charge is 0.453 e. The van der Waals surface area contributed by atoms with Gasteiger partial charge in [-0.3, -0.25) is 0 Å². The van der Waals surface area contributed by atoms with Crippen molar-refractivity contribution in [3.8, 4) is 17.6 Å². The third-order valence-corrected chi connectivity index (χ3v) is 5.32. The van der Waals surface area contributed by atoms with Gasteiger partial charge in [0.25, 0.3) is 0 Å². The minimum absolute atomic E-state index is 0.0121. The highest BCUT2D eigenvalue weighted by atomic mass is 35.5. The first-order chi connectivity index (χ1) is 15.7. The Morgan fingerprint density at radius 1 is 1.18 bits per heavy atom. The fourth-order valence-corrected chi connectivity index (χ4v) is 3.16. The van der Waals surface area contributed by atoms with Crippen molar-refractivity contribution in [2.24, 2.45) is 0 Å². The first-order valence-corrected chi connectivity index (χ1v) is 11.0. The molecule has 0 spiro atoms. The van der Waals surface area contributed by atoms with Gasteiger partial charge in [0.15, 0.2) is 11.6 Å². The zero-order valence-electron chi connectivity index (χ0n) is 18.7. The van der Waals surface area contributed by atoms with E-state index in [4.69, 9.17) is 49.2 Å². The maximum atomic E-state index is 15.2. The van der Waals surface area contributed by atoms with E-state index in [1.54, 1.807) is 25.9 Å². The number of nitriles is 1. The van der Waals surface area contributed by atoms with Gasteiger partial charge in [-0.2, -0.15) is 5.26 Å². The topological polar surface area (TPSA) is 75.2 Å². The Morgan fingerprint density at radius 3 is 2.52 bits per heavy atom.